The van der Waals surface area contributed by atoms with Crippen molar-refractivity contribution in [2.24, 2.45) is 5.73 Å². The first-order chi connectivity index (χ1) is 9.02. The van der Waals surface area contributed by atoms with E-state index in [1.54, 1.807) is 6.07 Å². The van der Waals surface area contributed by atoms with Crippen LogP contribution in [0.15, 0.2) is 30.3 Å². The number of aliphatic hydroxyl groups excluding tert-OH is 1. The van der Waals surface area contributed by atoms with Gasteiger partial charge in [0.2, 0.25) is 0 Å². The number of thiophene rings is 1. The average molecular weight is 276 g/mol. The average Bonchev–Trinajstić information content (AvgIpc) is 2.80. The third kappa shape index (κ3) is 2.77. The van der Waals surface area contributed by atoms with Gasteiger partial charge in [0, 0.05) is 4.88 Å². The Hall–Kier alpha value is -1.85. The zero-order valence-electron chi connectivity index (χ0n) is 10.6. The van der Waals surface area contributed by atoms with E-state index in [9.17, 15) is 9.90 Å². The van der Waals surface area contributed by atoms with Gasteiger partial charge in [-0.15, -0.1) is 11.3 Å². The lowest BCUT2D eigenvalue weighted by molar-refractivity contribution is 0.100. The van der Waals surface area contributed by atoms with Gasteiger partial charge in [-0.3, -0.25) is 4.79 Å². The van der Waals surface area contributed by atoms with Crippen molar-refractivity contribution in [1.29, 1.82) is 0 Å². The minimum atomic E-state index is -0.516. The second-order valence-electron chi connectivity index (χ2n) is 4.30. The van der Waals surface area contributed by atoms with E-state index in [1.807, 2.05) is 31.2 Å². The number of nitrogens with two attached hydrogens (primary N) is 2. The molecule has 1 aromatic carbocycles. The molecule has 0 aliphatic rings. The van der Waals surface area contributed by atoms with Gasteiger partial charge in [0.25, 0.3) is 5.91 Å². The van der Waals surface area contributed by atoms with Crippen LogP contribution in [0.5, 0.6) is 0 Å². The Labute approximate surface area is 115 Å². The summed E-state index contributed by atoms with van der Waals surface area (Å²) in [5.41, 5.74) is 13.2. The van der Waals surface area contributed by atoms with Crippen LogP contribution in [-0.4, -0.2) is 11.0 Å². The van der Waals surface area contributed by atoms with Gasteiger partial charge >= 0.3 is 0 Å². The largest absolute Gasteiger partial charge is 0.390 e. The van der Waals surface area contributed by atoms with Crippen molar-refractivity contribution < 1.29 is 9.90 Å². The van der Waals surface area contributed by atoms with Crippen molar-refractivity contribution >= 4 is 22.2 Å². The highest BCUT2D eigenvalue weighted by molar-refractivity contribution is 7.19. The first kappa shape index (κ1) is 13.6. The summed E-state index contributed by atoms with van der Waals surface area (Å²) in [4.78, 5) is 12.1. The molecule has 0 aliphatic carbocycles. The number of primary amides is 1. The third-order valence-corrected chi connectivity index (χ3v) is 4.01. The molecule has 1 unspecified atom stereocenters. The summed E-state index contributed by atoms with van der Waals surface area (Å²) < 4.78 is 0. The lowest BCUT2D eigenvalue weighted by Gasteiger charge is -2.08. The van der Waals surface area contributed by atoms with Gasteiger partial charge in [-0.1, -0.05) is 31.2 Å². The standard InChI is InChI=1S/C14H16N2O2S/c1-2-11(17)8-3-5-9(6-4-8)12-7-10(13(15)18)14(16)19-12/h3-7,11,17H,2,16H2,1H3,(H2,15,18). The number of anilines is 1. The molecule has 0 saturated heterocycles. The number of rotatable bonds is 4. The molecule has 5 heteroatoms. The predicted octanol–water partition coefficient (Wildman–Crippen LogP) is 2.54. The first-order valence-corrected chi connectivity index (χ1v) is 6.82. The summed E-state index contributed by atoms with van der Waals surface area (Å²) in [6.45, 7) is 1.93. The monoisotopic (exact) mass is 276 g/mol. The van der Waals surface area contributed by atoms with E-state index < -0.39 is 12.0 Å². The molecule has 0 spiro atoms. The molecule has 0 fully saturated rings. The normalized spacial score (nSPS) is 12.3. The first-order valence-electron chi connectivity index (χ1n) is 6.00. The number of aliphatic hydroxyl groups is 1. The number of hydrogen-bond donors (Lipinski definition) is 3. The van der Waals surface area contributed by atoms with Crippen molar-refractivity contribution in [3.05, 3.63) is 41.5 Å². The number of benzene rings is 1. The van der Waals surface area contributed by atoms with Gasteiger partial charge in [-0.25, -0.2) is 0 Å². The molecule has 0 aliphatic heterocycles. The highest BCUT2D eigenvalue weighted by Crippen LogP contribution is 2.33. The lowest BCUT2D eigenvalue weighted by atomic mass is 10.0. The van der Waals surface area contributed by atoms with Gasteiger partial charge in [0.1, 0.15) is 0 Å². The van der Waals surface area contributed by atoms with E-state index in [0.717, 1.165) is 16.0 Å². The van der Waals surface area contributed by atoms with E-state index in [-0.39, 0.29) is 0 Å². The molecule has 100 valence electrons. The molecule has 19 heavy (non-hydrogen) atoms. The Morgan fingerprint density at radius 3 is 2.47 bits per heavy atom. The van der Waals surface area contributed by atoms with E-state index in [4.69, 9.17) is 11.5 Å². The summed E-state index contributed by atoms with van der Waals surface area (Å²) in [5.74, 6) is -0.516. The Balaban J connectivity index is 2.32. The van der Waals surface area contributed by atoms with Crippen molar-refractivity contribution in [3.8, 4) is 10.4 Å². The number of nitrogen functional groups attached to an aromatic ring is 1. The molecule has 2 rings (SSSR count). The van der Waals surface area contributed by atoms with Crippen molar-refractivity contribution in [1.82, 2.24) is 0 Å². The van der Waals surface area contributed by atoms with E-state index >= 15 is 0 Å². The van der Waals surface area contributed by atoms with Gasteiger partial charge in [0.15, 0.2) is 0 Å². The summed E-state index contributed by atoms with van der Waals surface area (Å²) >= 11 is 1.33. The van der Waals surface area contributed by atoms with Crippen LogP contribution in [0.25, 0.3) is 10.4 Å². The maximum absolute atomic E-state index is 11.2. The Bertz CT molecular complexity index is 590. The topological polar surface area (TPSA) is 89.3 Å². The maximum atomic E-state index is 11.2. The van der Waals surface area contributed by atoms with E-state index in [0.29, 0.717) is 17.0 Å². The number of hydrogen-bond acceptors (Lipinski definition) is 4. The minimum Gasteiger partial charge on any atom is -0.390 e. The second kappa shape index (κ2) is 5.42. The van der Waals surface area contributed by atoms with Gasteiger partial charge < -0.3 is 16.6 Å². The lowest BCUT2D eigenvalue weighted by Crippen LogP contribution is -2.11. The van der Waals surface area contributed by atoms with Gasteiger partial charge in [-0.2, -0.15) is 0 Å². The quantitative estimate of drug-likeness (QED) is 0.801. The zero-order valence-corrected chi connectivity index (χ0v) is 11.4. The van der Waals surface area contributed by atoms with Crippen LogP contribution in [0.4, 0.5) is 5.00 Å². The van der Waals surface area contributed by atoms with E-state index in [2.05, 4.69) is 0 Å². The second-order valence-corrected chi connectivity index (χ2v) is 5.38. The number of carbonyl (C=O) groups excluding carboxylic acids is 1. The fourth-order valence-electron chi connectivity index (χ4n) is 1.85. The fraction of sp³-hybridized carbons (Fsp3) is 0.214. The molecule has 1 atom stereocenters. The van der Waals surface area contributed by atoms with Gasteiger partial charge in [0.05, 0.1) is 16.7 Å². The molecule has 0 saturated carbocycles. The summed E-state index contributed by atoms with van der Waals surface area (Å²) in [6, 6.07) is 9.27. The van der Waals surface area contributed by atoms with E-state index in [1.165, 1.54) is 11.3 Å². The molecule has 2 aromatic rings. The van der Waals surface area contributed by atoms with Crippen LogP contribution in [0, 0.1) is 0 Å². The van der Waals surface area contributed by atoms with Crippen LogP contribution in [-0.2, 0) is 0 Å². The molecule has 4 nitrogen and oxygen atoms in total. The van der Waals surface area contributed by atoms with Crippen LogP contribution in [0.3, 0.4) is 0 Å². The summed E-state index contributed by atoms with van der Waals surface area (Å²) in [6.07, 6.45) is 0.237. The van der Waals surface area contributed by atoms with Gasteiger partial charge in [-0.05, 0) is 23.6 Å². The van der Waals surface area contributed by atoms with Crippen LogP contribution in [0.1, 0.15) is 35.4 Å². The van der Waals surface area contributed by atoms with Crippen LogP contribution >= 0.6 is 11.3 Å². The van der Waals surface area contributed by atoms with Crippen molar-refractivity contribution in [3.63, 3.8) is 0 Å². The Morgan fingerprint density at radius 2 is 2.00 bits per heavy atom. The van der Waals surface area contributed by atoms with Crippen LogP contribution in [0.2, 0.25) is 0 Å². The summed E-state index contributed by atoms with van der Waals surface area (Å²) in [7, 11) is 0. The van der Waals surface area contributed by atoms with Crippen molar-refractivity contribution in [2.75, 3.05) is 5.73 Å². The Kier molecular flexibility index (Phi) is 3.87. The molecule has 1 amide bonds. The SMILES string of the molecule is CCC(O)c1ccc(-c2cc(C(N)=O)c(N)s2)cc1. The van der Waals surface area contributed by atoms with Crippen molar-refractivity contribution in [2.45, 2.75) is 19.4 Å². The smallest absolute Gasteiger partial charge is 0.251 e. The molecule has 0 bridgehead atoms. The molecular formula is C14H16N2O2S. The number of carbonyl (C=O) groups is 1. The fourth-order valence-corrected chi connectivity index (χ4v) is 2.78. The van der Waals surface area contributed by atoms with Crippen LogP contribution < -0.4 is 11.5 Å². The molecular weight excluding hydrogens is 260 g/mol. The maximum Gasteiger partial charge on any atom is 0.251 e. The highest BCUT2D eigenvalue weighted by Gasteiger charge is 2.12. The Morgan fingerprint density at radius 1 is 1.37 bits per heavy atom. The zero-order chi connectivity index (χ0) is 14.0. The minimum absolute atomic E-state index is 0.359. The number of amides is 1. The predicted molar refractivity (Wildman–Crippen MR) is 77.9 cm³/mol. The highest BCUT2D eigenvalue weighted by atomic mass is 32.1. The third-order valence-electron chi connectivity index (χ3n) is 2.99. The summed E-state index contributed by atoms with van der Waals surface area (Å²) in [5, 5.41) is 10.2. The molecule has 1 heterocycles. The molecule has 5 N–H and O–H groups in total. The molecule has 1 aromatic heterocycles. The molecule has 0 radical (unpaired) electrons.